The smallest absolute Gasteiger partial charge is 0.414 e. The molecule has 1 N–H and O–H groups in total. The third-order valence-electron chi connectivity index (χ3n) is 7.98. The van der Waals surface area contributed by atoms with Crippen LogP contribution in [0, 0.1) is 0 Å². The molecule has 2 aromatic carbocycles. The molecule has 3 aromatic rings. The van der Waals surface area contributed by atoms with Gasteiger partial charge in [-0.3, -0.25) is 9.69 Å². The number of carbonyl (C=O) groups is 2. The van der Waals surface area contributed by atoms with Crippen molar-refractivity contribution in [2.45, 2.75) is 82.7 Å². The van der Waals surface area contributed by atoms with Crippen LogP contribution in [0.1, 0.15) is 80.8 Å². The maximum atomic E-state index is 12.6. The number of fused-ring (bicyclic) bond motifs is 3. The molecule has 2 unspecified atom stereocenters. The fourth-order valence-electron chi connectivity index (χ4n) is 6.11. The predicted molar refractivity (Wildman–Crippen MR) is 140 cm³/mol. The number of benzene rings is 2. The molecule has 0 radical (unpaired) electrons. The molecule has 7 nitrogen and oxygen atoms in total. The molecule has 1 amide bonds. The maximum Gasteiger partial charge on any atom is 0.414 e. The van der Waals surface area contributed by atoms with Crippen LogP contribution in [0.15, 0.2) is 42.5 Å². The first-order valence-electron chi connectivity index (χ1n) is 13.2. The molecule has 1 aliphatic heterocycles. The van der Waals surface area contributed by atoms with Gasteiger partial charge >= 0.3 is 12.1 Å². The van der Waals surface area contributed by atoms with Gasteiger partial charge in [0.25, 0.3) is 0 Å². The van der Waals surface area contributed by atoms with Crippen LogP contribution < -0.4 is 4.90 Å². The summed E-state index contributed by atoms with van der Waals surface area (Å²) in [7, 11) is 1.41. The van der Waals surface area contributed by atoms with E-state index >= 15 is 0 Å². The normalized spacial score (nSPS) is 19.5. The highest BCUT2D eigenvalue weighted by Crippen LogP contribution is 2.40. The van der Waals surface area contributed by atoms with E-state index in [0.717, 1.165) is 59.4 Å². The molecule has 0 saturated heterocycles. The number of hydrogen-bond acceptors (Lipinski definition) is 4. The fraction of sp³-hybridized carbons (Fsp3) is 0.483. The van der Waals surface area contributed by atoms with Crippen molar-refractivity contribution in [3.63, 3.8) is 0 Å². The standard InChI is InChI=1S/C29H35N3O4/c1-19-14-15-22-24(31(19)29(35)36-2)16-17-25-27(22)30-26(32(25)21-12-8-3-4-9-13-21)18-23(28(33)34)20-10-6-5-7-11-20/h5-7,10-11,16-17,19,21,23H,3-4,8-9,12-15,18H2,1-2H3,(H,33,34). The second kappa shape index (κ2) is 10.3. The van der Waals surface area contributed by atoms with Crippen molar-refractivity contribution in [1.82, 2.24) is 9.55 Å². The number of hydrogen-bond donors (Lipinski definition) is 1. The number of aromatic nitrogens is 2. The van der Waals surface area contributed by atoms with Gasteiger partial charge in [0.15, 0.2) is 0 Å². The summed E-state index contributed by atoms with van der Waals surface area (Å²) in [5.74, 6) is -0.687. The molecule has 5 rings (SSSR count). The van der Waals surface area contributed by atoms with Gasteiger partial charge in [-0.05, 0) is 50.3 Å². The van der Waals surface area contributed by atoms with Gasteiger partial charge in [-0.15, -0.1) is 0 Å². The SMILES string of the molecule is COC(=O)N1c2ccc3c(nc(CC(C(=O)O)c4ccccc4)n3C3CCCCCC3)c2CCC1C. The topological polar surface area (TPSA) is 84.7 Å². The number of ether oxygens (including phenoxy) is 1. The summed E-state index contributed by atoms with van der Waals surface area (Å²) in [4.78, 5) is 31.9. The Morgan fingerprint density at radius 2 is 1.78 bits per heavy atom. The van der Waals surface area contributed by atoms with E-state index < -0.39 is 11.9 Å². The Bertz CT molecular complexity index is 1240. The van der Waals surface area contributed by atoms with Crippen molar-refractivity contribution in [3.8, 4) is 0 Å². The van der Waals surface area contributed by atoms with Gasteiger partial charge < -0.3 is 14.4 Å². The number of anilines is 1. The Morgan fingerprint density at radius 3 is 2.44 bits per heavy atom. The van der Waals surface area contributed by atoms with E-state index in [1.807, 2.05) is 43.3 Å². The van der Waals surface area contributed by atoms with Crippen molar-refractivity contribution in [1.29, 1.82) is 0 Å². The molecule has 0 bridgehead atoms. The highest BCUT2D eigenvalue weighted by molar-refractivity contribution is 5.95. The molecule has 2 heterocycles. The molecule has 7 heteroatoms. The molecule has 190 valence electrons. The Kier molecular flexibility index (Phi) is 6.99. The lowest BCUT2D eigenvalue weighted by atomic mass is 9.95. The van der Waals surface area contributed by atoms with Crippen molar-refractivity contribution >= 4 is 28.8 Å². The maximum absolute atomic E-state index is 12.6. The van der Waals surface area contributed by atoms with E-state index in [1.165, 1.54) is 32.8 Å². The number of aryl methyl sites for hydroxylation is 1. The minimum atomic E-state index is -0.839. The Labute approximate surface area is 212 Å². The highest BCUT2D eigenvalue weighted by Gasteiger charge is 2.33. The van der Waals surface area contributed by atoms with Crippen molar-refractivity contribution in [3.05, 3.63) is 59.4 Å². The number of imidazole rings is 1. The number of carboxylic acids is 1. The second-order valence-electron chi connectivity index (χ2n) is 10.2. The molecule has 2 atom stereocenters. The lowest BCUT2D eigenvalue weighted by Gasteiger charge is -2.34. The van der Waals surface area contributed by atoms with Crippen LogP contribution >= 0.6 is 0 Å². The van der Waals surface area contributed by atoms with Gasteiger partial charge in [0.05, 0.1) is 29.7 Å². The predicted octanol–water partition coefficient (Wildman–Crippen LogP) is 6.25. The van der Waals surface area contributed by atoms with E-state index in [0.29, 0.717) is 12.5 Å². The first-order valence-corrected chi connectivity index (χ1v) is 13.2. The molecule has 1 aromatic heterocycles. The summed E-state index contributed by atoms with van der Waals surface area (Å²) in [5, 5.41) is 10.2. The monoisotopic (exact) mass is 489 g/mol. The summed E-state index contributed by atoms with van der Waals surface area (Å²) in [6.07, 6.45) is 8.58. The van der Waals surface area contributed by atoms with Gasteiger partial charge in [0, 0.05) is 24.1 Å². The number of methoxy groups -OCH3 is 1. The number of amides is 1. The number of rotatable bonds is 5. The van der Waals surface area contributed by atoms with Gasteiger partial charge in [-0.25, -0.2) is 9.78 Å². The van der Waals surface area contributed by atoms with Crippen LogP contribution in [0.5, 0.6) is 0 Å². The molecule has 1 saturated carbocycles. The third-order valence-corrected chi connectivity index (χ3v) is 7.98. The summed E-state index contributed by atoms with van der Waals surface area (Å²) in [6, 6.07) is 13.9. The molecule has 1 fully saturated rings. The Morgan fingerprint density at radius 1 is 1.06 bits per heavy atom. The number of carbonyl (C=O) groups excluding carboxylic acids is 1. The second-order valence-corrected chi connectivity index (χ2v) is 10.2. The summed E-state index contributed by atoms with van der Waals surface area (Å²) < 4.78 is 7.42. The summed E-state index contributed by atoms with van der Waals surface area (Å²) in [6.45, 7) is 2.04. The first-order chi connectivity index (χ1) is 17.5. The van der Waals surface area contributed by atoms with Crippen LogP contribution in [0.4, 0.5) is 10.5 Å². The third kappa shape index (κ3) is 4.47. The molecule has 0 spiro atoms. The number of aliphatic carboxylic acids is 1. The van der Waals surface area contributed by atoms with E-state index in [1.54, 1.807) is 4.90 Å². The van der Waals surface area contributed by atoms with Gasteiger partial charge in [0.2, 0.25) is 0 Å². The Hall–Kier alpha value is -3.35. The van der Waals surface area contributed by atoms with Crippen LogP contribution in [-0.2, 0) is 22.4 Å². The van der Waals surface area contributed by atoms with Crippen LogP contribution in [0.25, 0.3) is 11.0 Å². The molecular formula is C29H35N3O4. The largest absolute Gasteiger partial charge is 0.481 e. The average molecular weight is 490 g/mol. The van der Waals surface area contributed by atoms with Crippen LogP contribution in [0.2, 0.25) is 0 Å². The molecule has 1 aliphatic carbocycles. The zero-order valence-corrected chi connectivity index (χ0v) is 21.2. The molecule has 36 heavy (non-hydrogen) atoms. The van der Waals surface area contributed by atoms with E-state index in [9.17, 15) is 14.7 Å². The van der Waals surface area contributed by atoms with Crippen molar-refractivity contribution in [2.75, 3.05) is 12.0 Å². The van der Waals surface area contributed by atoms with Crippen LogP contribution in [0.3, 0.4) is 0 Å². The van der Waals surface area contributed by atoms with Crippen molar-refractivity contribution < 1.29 is 19.4 Å². The zero-order chi connectivity index (χ0) is 25.2. The van der Waals surface area contributed by atoms with Gasteiger partial charge in [-0.2, -0.15) is 0 Å². The van der Waals surface area contributed by atoms with Crippen LogP contribution in [-0.4, -0.2) is 39.9 Å². The summed E-state index contributed by atoms with van der Waals surface area (Å²) >= 11 is 0. The highest BCUT2D eigenvalue weighted by atomic mass is 16.5. The lowest BCUT2D eigenvalue weighted by molar-refractivity contribution is -0.138. The van der Waals surface area contributed by atoms with E-state index in [2.05, 4.69) is 10.6 Å². The molecule has 2 aliphatic rings. The average Bonchev–Trinajstić information content (AvgIpc) is 3.05. The van der Waals surface area contributed by atoms with E-state index in [-0.39, 0.29) is 12.1 Å². The van der Waals surface area contributed by atoms with Gasteiger partial charge in [-0.1, -0.05) is 56.0 Å². The minimum Gasteiger partial charge on any atom is -0.481 e. The quantitative estimate of drug-likeness (QED) is 0.428. The summed E-state index contributed by atoms with van der Waals surface area (Å²) in [5.41, 5.74) is 4.63. The van der Waals surface area contributed by atoms with E-state index in [4.69, 9.17) is 9.72 Å². The Balaban J connectivity index is 1.66. The van der Waals surface area contributed by atoms with Gasteiger partial charge in [0.1, 0.15) is 5.82 Å². The molecular weight excluding hydrogens is 454 g/mol. The fourth-order valence-corrected chi connectivity index (χ4v) is 6.11. The minimum absolute atomic E-state index is 0.0419. The number of carboxylic acid groups (broad SMARTS) is 1. The zero-order valence-electron chi connectivity index (χ0n) is 21.2. The first kappa shape index (κ1) is 24.3. The lowest BCUT2D eigenvalue weighted by Crippen LogP contribution is -2.42. The number of nitrogens with zero attached hydrogens (tertiary/aromatic N) is 3. The van der Waals surface area contributed by atoms with Crippen molar-refractivity contribution in [2.24, 2.45) is 0 Å².